The molecule has 29 heavy (non-hydrogen) atoms. The van der Waals surface area contributed by atoms with Crippen LogP contribution in [0.3, 0.4) is 0 Å². The summed E-state index contributed by atoms with van der Waals surface area (Å²) in [4.78, 5) is 2.37. The van der Waals surface area contributed by atoms with Gasteiger partial charge in [0, 0.05) is 22.6 Å². The lowest BCUT2D eigenvalue weighted by atomic mass is 9.73. The standard InChI is InChI=1S/C26H36O2S/c1-6-24(29-25-12-8-7-9-13-25)14-10-11-22-15-16-23(28-19-21(4)5)18-26(22,27)17-20(2)3/h6-9,12-14,18,21-22,27H,1-2,10-11,15-17,19H2,3-5H3/b24-14-. The third kappa shape index (κ3) is 7.91. The molecule has 0 saturated carbocycles. The average molecular weight is 413 g/mol. The molecule has 1 aliphatic rings. The Kier molecular flexibility index (Phi) is 9.32. The molecule has 0 aromatic heterocycles. The SMILES string of the molecule is C=C/C(=C/CCC1CCC(OCC(C)C)=CC1(O)CC(=C)C)Sc1ccccc1. The average Bonchev–Trinajstić information content (AvgIpc) is 2.67. The molecular formula is C26H36O2S. The summed E-state index contributed by atoms with van der Waals surface area (Å²) in [5.41, 5.74) is 0.131. The first kappa shape index (κ1) is 23.6. The van der Waals surface area contributed by atoms with E-state index in [1.54, 1.807) is 11.8 Å². The van der Waals surface area contributed by atoms with E-state index in [4.69, 9.17) is 4.74 Å². The van der Waals surface area contributed by atoms with Gasteiger partial charge in [-0.2, -0.15) is 0 Å². The van der Waals surface area contributed by atoms with Gasteiger partial charge in [-0.15, -0.1) is 6.58 Å². The van der Waals surface area contributed by atoms with Gasteiger partial charge in [0.1, 0.15) is 0 Å². The fraction of sp³-hybridized carbons (Fsp3) is 0.462. The van der Waals surface area contributed by atoms with Crippen molar-refractivity contribution in [2.45, 2.75) is 63.4 Å². The Morgan fingerprint density at radius 2 is 2.07 bits per heavy atom. The van der Waals surface area contributed by atoms with Gasteiger partial charge >= 0.3 is 0 Å². The molecule has 2 rings (SSSR count). The highest BCUT2D eigenvalue weighted by Crippen LogP contribution is 2.40. The van der Waals surface area contributed by atoms with Crippen LogP contribution in [0.5, 0.6) is 0 Å². The number of benzene rings is 1. The van der Waals surface area contributed by atoms with Crippen LogP contribution in [0.2, 0.25) is 0 Å². The first-order valence-corrected chi connectivity index (χ1v) is 11.4. The van der Waals surface area contributed by atoms with Gasteiger partial charge in [0.05, 0.1) is 18.0 Å². The number of thioether (sulfide) groups is 1. The highest BCUT2D eigenvalue weighted by Gasteiger charge is 2.38. The van der Waals surface area contributed by atoms with E-state index < -0.39 is 5.60 Å². The molecule has 2 unspecified atom stereocenters. The lowest BCUT2D eigenvalue weighted by molar-refractivity contribution is 0.00215. The Bertz CT molecular complexity index is 732. The first-order chi connectivity index (χ1) is 13.8. The van der Waals surface area contributed by atoms with Crippen molar-refractivity contribution in [1.82, 2.24) is 0 Å². The number of aliphatic hydroxyl groups is 1. The van der Waals surface area contributed by atoms with E-state index in [2.05, 4.69) is 45.2 Å². The monoisotopic (exact) mass is 412 g/mol. The number of ether oxygens (including phenoxy) is 1. The van der Waals surface area contributed by atoms with Crippen molar-refractivity contribution in [1.29, 1.82) is 0 Å². The van der Waals surface area contributed by atoms with Crippen molar-refractivity contribution in [3.63, 3.8) is 0 Å². The summed E-state index contributed by atoms with van der Waals surface area (Å²) < 4.78 is 5.94. The Labute approximate surface area is 181 Å². The van der Waals surface area contributed by atoms with Crippen molar-refractivity contribution >= 4 is 11.8 Å². The van der Waals surface area contributed by atoms with Crippen molar-refractivity contribution in [2.24, 2.45) is 11.8 Å². The summed E-state index contributed by atoms with van der Waals surface area (Å²) >= 11 is 1.73. The normalized spacial score (nSPS) is 22.3. The van der Waals surface area contributed by atoms with Gasteiger partial charge in [-0.3, -0.25) is 0 Å². The van der Waals surface area contributed by atoms with Gasteiger partial charge < -0.3 is 9.84 Å². The molecule has 0 saturated heterocycles. The molecule has 158 valence electrons. The predicted octanol–water partition coefficient (Wildman–Crippen LogP) is 7.29. The predicted molar refractivity (Wildman–Crippen MR) is 126 cm³/mol. The van der Waals surface area contributed by atoms with Gasteiger partial charge in [-0.05, 0) is 56.2 Å². The van der Waals surface area contributed by atoms with Crippen LogP contribution in [0.4, 0.5) is 0 Å². The Morgan fingerprint density at radius 1 is 1.34 bits per heavy atom. The molecule has 0 bridgehead atoms. The second-order valence-corrected chi connectivity index (χ2v) is 9.63. The molecule has 2 atom stereocenters. The molecular weight excluding hydrogens is 376 g/mol. The zero-order valence-electron chi connectivity index (χ0n) is 18.2. The molecule has 1 N–H and O–H groups in total. The summed E-state index contributed by atoms with van der Waals surface area (Å²) in [7, 11) is 0. The number of hydrogen-bond acceptors (Lipinski definition) is 3. The zero-order chi connectivity index (χ0) is 21.3. The Hall–Kier alpha value is -1.71. The second-order valence-electron chi connectivity index (χ2n) is 8.48. The molecule has 1 aromatic rings. The van der Waals surface area contributed by atoms with Gasteiger partial charge in [0.25, 0.3) is 0 Å². The minimum Gasteiger partial charge on any atom is -0.498 e. The molecule has 0 aliphatic heterocycles. The van der Waals surface area contributed by atoms with Crippen LogP contribution in [0.25, 0.3) is 0 Å². The van der Waals surface area contributed by atoms with E-state index in [0.717, 1.165) is 41.9 Å². The van der Waals surface area contributed by atoms with E-state index >= 15 is 0 Å². The lowest BCUT2D eigenvalue weighted by Crippen LogP contribution is -2.39. The van der Waals surface area contributed by atoms with Crippen LogP contribution in [0.1, 0.15) is 52.9 Å². The Morgan fingerprint density at radius 3 is 2.69 bits per heavy atom. The fourth-order valence-corrected chi connectivity index (χ4v) is 4.56. The van der Waals surface area contributed by atoms with E-state index in [-0.39, 0.29) is 5.92 Å². The minimum absolute atomic E-state index is 0.203. The van der Waals surface area contributed by atoms with Crippen LogP contribution in [0.15, 0.2) is 82.9 Å². The van der Waals surface area contributed by atoms with Crippen LogP contribution >= 0.6 is 11.8 Å². The molecule has 0 radical (unpaired) electrons. The van der Waals surface area contributed by atoms with Crippen LogP contribution in [-0.4, -0.2) is 17.3 Å². The summed E-state index contributed by atoms with van der Waals surface area (Å²) in [6.45, 7) is 15.0. The molecule has 0 spiro atoms. The number of allylic oxidation sites excluding steroid dienone is 3. The summed E-state index contributed by atoms with van der Waals surface area (Å²) in [6, 6.07) is 10.3. The van der Waals surface area contributed by atoms with E-state index in [1.165, 1.54) is 4.90 Å². The van der Waals surface area contributed by atoms with Crippen LogP contribution < -0.4 is 0 Å². The van der Waals surface area contributed by atoms with Gasteiger partial charge in [0.15, 0.2) is 0 Å². The van der Waals surface area contributed by atoms with Gasteiger partial charge in [-0.1, -0.05) is 68.1 Å². The van der Waals surface area contributed by atoms with Crippen molar-refractivity contribution in [3.05, 3.63) is 78.0 Å². The maximum atomic E-state index is 11.4. The van der Waals surface area contributed by atoms with E-state index in [0.29, 0.717) is 18.9 Å². The van der Waals surface area contributed by atoms with Crippen molar-refractivity contribution < 1.29 is 9.84 Å². The lowest BCUT2D eigenvalue weighted by Gasteiger charge is -2.38. The molecule has 0 heterocycles. The topological polar surface area (TPSA) is 29.5 Å². The first-order valence-electron chi connectivity index (χ1n) is 10.6. The molecule has 1 aliphatic carbocycles. The molecule has 0 amide bonds. The largest absolute Gasteiger partial charge is 0.498 e. The second kappa shape index (κ2) is 11.5. The Balaban J connectivity index is 2.03. The summed E-state index contributed by atoms with van der Waals surface area (Å²) in [5, 5.41) is 11.4. The van der Waals surface area contributed by atoms with Crippen LogP contribution in [0, 0.1) is 11.8 Å². The maximum Gasteiger partial charge on any atom is 0.0948 e. The number of hydrogen-bond donors (Lipinski definition) is 1. The van der Waals surface area contributed by atoms with Crippen molar-refractivity contribution in [2.75, 3.05) is 6.61 Å². The third-order valence-corrected chi connectivity index (χ3v) is 6.16. The van der Waals surface area contributed by atoms with Gasteiger partial charge in [-0.25, -0.2) is 0 Å². The third-order valence-electron chi connectivity index (χ3n) is 5.08. The molecule has 1 aromatic carbocycles. The smallest absolute Gasteiger partial charge is 0.0948 e. The van der Waals surface area contributed by atoms with E-state index in [1.807, 2.05) is 37.3 Å². The summed E-state index contributed by atoms with van der Waals surface area (Å²) in [5.74, 6) is 1.61. The summed E-state index contributed by atoms with van der Waals surface area (Å²) in [6.07, 6.45) is 10.4. The maximum absolute atomic E-state index is 11.4. The van der Waals surface area contributed by atoms with Gasteiger partial charge in [0.2, 0.25) is 0 Å². The minimum atomic E-state index is -0.870. The van der Waals surface area contributed by atoms with E-state index in [9.17, 15) is 5.11 Å². The number of rotatable bonds is 11. The fourth-order valence-electron chi connectivity index (χ4n) is 3.71. The van der Waals surface area contributed by atoms with Crippen LogP contribution in [-0.2, 0) is 4.74 Å². The zero-order valence-corrected chi connectivity index (χ0v) is 19.0. The molecule has 3 heteroatoms. The highest BCUT2D eigenvalue weighted by molar-refractivity contribution is 8.03. The molecule has 2 nitrogen and oxygen atoms in total. The molecule has 0 fully saturated rings. The quantitative estimate of drug-likeness (QED) is 0.235. The highest BCUT2D eigenvalue weighted by atomic mass is 32.2. The van der Waals surface area contributed by atoms with Crippen molar-refractivity contribution in [3.8, 4) is 0 Å².